The number of hydrogen-bond acceptors (Lipinski definition) is 3. The van der Waals surface area contributed by atoms with Crippen LogP contribution in [0.25, 0.3) is 0 Å². The summed E-state index contributed by atoms with van der Waals surface area (Å²) < 4.78 is 39.8. The third-order valence-electron chi connectivity index (χ3n) is 4.13. The number of piperazine rings is 1. The summed E-state index contributed by atoms with van der Waals surface area (Å²) in [6.07, 6.45) is 0. The van der Waals surface area contributed by atoms with Gasteiger partial charge in [-0.2, -0.15) is 0 Å². The lowest BCUT2D eigenvalue weighted by molar-refractivity contribution is 0.0800. The molecule has 1 saturated heterocycles. The van der Waals surface area contributed by atoms with E-state index in [0.717, 1.165) is 38.3 Å². The van der Waals surface area contributed by atoms with Crippen LogP contribution in [0, 0.1) is 17.5 Å². The minimum absolute atomic E-state index is 0.242. The van der Waals surface area contributed by atoms with E-state index in [1.54, 1.807) is 0 Å². The number of nitrogens with zero attached hydrogens (tertiary/aromatic N) is 2. The highest BCUT2D eigenvalue weighted by atomic mass is 19.2. The van der Waals surface area contributed by atoms with Gasteiger partial charge in [-0.3, -0.25) is 9.80 Å². The maximum Gasteiger partial charge on any atom is 0.194 e. The first-order valence-electron chi connectivity index (χ1n) is 7.26. The summed E-state index contributed by atoms with van der Waals surface area (Å²) in [6, 6.07) is 2.28. The highest BCUT2D eigenvalue weighted by Crippen LogP contribution is 2.25. The van der Waals surface area contributed by atoms with E-state index in [4.69, 9.17) is 5.73 Å². The van der Waals surface area contributed by atoms with Crippen molar-refractivity contribution >= 4 is 0 Å². The molecule has 1 aliphatic heterocycles. The molecule has 1 aromatic rings. The first kappa shape index (κ1) is 16.3. The Morgan fingerprint density at radius 2 is 1.48 bits per heavy atom. The summed E-state index contributed by atoms with van der Waals surface area (Å²) in [6.45, 7) is 7.86. The molecule has 0 spiro atoms. The van der Waals surface area contributed by atoms with Gasteiger partial charge >= 0.3 is 0 Å². The predicted molar refractivity (Wildman–Crippen MR) is 76.4 cm³/mol. The monoisotopic (exact) mass is 301 g/mol. The Morgan fingerprint density at radius 1 is 1.00 bits per heavy atom. The van der Waals surface area contributed by atoms with Gasteiger partial charge in [0.1, 0.15) is 0 Å². The van der Waals surface area contributed by atoms with Crippen molar-refractivity contribution in [2.24, 2.45) is 5.73 Å². The zero-order valence-corrected chi connectivity index (χ0v) is 12.5. The second-order valence-corrected chi connectivity index (χ2v) is 5.72. The zero-order valence-electron chi connectivity index (χ0n) is 12.5. The highest BCUT2D eigenvalue weighted by molar-refractivity contribution is 5.23. The number of nitrogens with two attached hydrogens (primary N) is 1. The lowest BCUT2D eigenvalue weighted by Crippen LogP contribution is -2.50. The van der Waals surface area contributed by atoms with E-state index in [-0.39, 0.29) is 12.6 Å². The molecule has 0 aliphatic carbocycles. The minimum atomic E-state index is -1.43. The topological polar surface area (TPSA) is 32.5 Å². The minimum Gasteiger partial charge on any atom is -0.329 e. The zero-order chi connectivity index (χ0) is 15.6. The highest BCUT2D eigenvalue weighted by Gasteiger charge is 2.26. The molecule has 2 N–H and O–H groups in total. The molecular weight excluding hydrogens is 279 g/mol. The molecule has 0 aromatic heterocycles. The molecule has 2 rings (SSSR count). The van der Waals surface area contributed by atoms with Crippen molar-refractivity contribution < 1.29 is 13.2 Å². The van der Waals surface area contributed by atoms with Gasteiger partial charge in [0.25, 0.3) is 0 Å². The van der Waals surface area contributed by atoms with Gasteiger partial charge in [-0.15, -0.1) is 0 Å². The molecule has 6 heteroatoms. The van der Waals surface area contributed by atoms with E-state index in [2.05, 4.69) is 23.6 Å². The van der Waals surface area contributed by atoms with Crippen LogP contribution in [0.3, 0.4) is 0 Å². The number of rotatable bonds is 4. The van der Waals surface area contributed by atoms with Gasteiger partial charge < -0.3 is 5.73 Å². The first-order chi connectivity index (χ1) is 9.93. The fraction of sp³-hybridized carbons (Fsp3) is 0.600. The standard InChI is InChI=1S/C15H22F3N3/c1-10(2)20-3-5-21(6-4-20)14(9-19)11-7-12(16)15(18)13(17)8-11/h7-8,10,14H,3-6,9,19H2,1-2H3. The van der Waals surface area contributed by atoms with Gasteiger partial charge in [-0.25, -0.2) is 13.2 Å². The fourth-order valence-corrected chi connectivity index (χ4v) is 2.83. The molecule has 1 fully saturated rings. The van der Waals surface area contributed by atoms with Crippen LogP contribution in [0.15, 0.2) is 12.1 Å². The Hall–Kier alpha value is -1.11. The summed E-state index contributed by atoms with van der Waals surface area (Å²) >= 11 is 0. The van der Waals surface area contributed by atoms with Crippen LogP contribution in [0.4, 0.5) is 13.2 Å². The van der Waals surface area contributed by atoms with Gasteiger partial charge in [0, 0.05) is 44.8 Å². The van der Waals surface area contributed by atoms with Crippen molar-refractivity contribution in [2.45, 2.75) is 25.9 Å². The molecule has 1 aliphatic rings. The average Bonchev–Trinajstić information content (AvgIpc) is 2.46. The summed E-state index contributed by atoms with van der Waals surface area (Å²) in [5.74, 6) is -3.76. The van der Waals surface area contributed by atoms with Crippen LogP contribution in [0.1, 0.15) is 25.5 Å². The van der Waals surface area contributed by atoms with Gasteiger partial charge in [0.2, 0.25) is 0 Å². The molecule has 1 aromatic carbocycles. The Labute approximate surface area is 123 Å². The van der Waals surface area contributed by atoms with Crippen LogP contribution < -0.4 is 5.73 Å². The quantitative estimate of drug-likeness (QED) is 0.865. The third kappa shape index (κ3) is 3.56. The predicted octanol–water partition coefficient (Wildman–Crippen LogP) is 2.13. The number of benzene rings is 1. The van der Waals surface area contributed by atoms with Crippen LogP contribution in [-0.4, -0.2) is 48.6 Å². The Kier molecular flexibility index (Phi) is 5.24. The van der Waals surface area contributed by atoms with Crippen LogP contribution in [0.2, 0.25) is 0 Å². The number of hydrogen-bond donors (Lipinski definition) is 1. The van der Waals surface area contributed by atoms with Crippen LogP contribution in [0.5, 0.6) is 0 Å². The van der Waals surface area contributed by atoms with Gasteiger partial charge in [-0.05, 0) is 31.5 Å². The molecular formula is C15H22F3N3. The van der Waals surface area contributed by atoms with Crippen LogP contribution >= 0.6 is 0 Å². The summed E-state index contributed by atoms with van der Waals surface area (Å²) in [4.78, 5) is 4.45. The molecule has 0 radical (unpaired) electrons. The van der Waals surface area contributed by atoms with Crippen molar-refractivity contribution in [1.82, 2.24) is 9.80 Å². The van der Waals surface area contributed by atoms with Crippen molar-refractivity contribution in [3.05, 3.63) is 35.1 Å². The van der Waals surface area contributed by atoms with Gasteiger partial charge in [0.05, 0.1) is 0 Å². The van der Waals surface area contributed by atoms with E-state index in [0.29, 0.717) is 11.6 Å². The molecule has 3 nitrogen and oxygen atoms in total. The molecule has 1 heterocycles. The first-order valence-corrected chi connectivity index (χ1v) is 7.26. The summed E-state index contributed by atoms with van der Waals surface area (Å²) in [5.41, 5.74) is 6.17. The SMILES string of the molecule is CC(C)N1CCN(C(CN)c2cc(F)c(F)c(F)c2)CC1. The number of halogens is 3. The lowest BCUT2D eigenvalue weighted by Gasteiger charge is -2.40. The maximum atomic E-state index is 13.4. The van der Waals surface area contributed by atoms with E-state index in [1.165, 1.54) is 0 Å². The summed E-state index contributed by atoms with van der Waals surface area (Å²) in [5, 5.41) is 0. The smallest absolute Gasteiger partial charge is 0.194 e. The second kappa shape index (κ2) is 6.77. The normalized spacial score (nSPS) is 19.2. The Bertz CT molecular complexity index is 462. The molecule has 21 heavy (non-hydrogen) atoms. The van der Waals surface area contributed by atoms with E-state index in [1.807, 2.05) is 0 Å². The third-order valence-corrected chi connectivity index (χ3v) is 4.13. The molecule has 118 valence electrons. The molecule has 0 bridgehead atoms. The van der Waals surface area contributed by atoms with E-state index >= 15 is 0 Å². The largest absolute Gasteiger partial charge is 0.329 e. The molecule has 1 atom stereocenters. The average molecular weight is 301 g/mol. The Morgan fingerprint density at radius 3 is 1.90 bits per heavy atom. The van der Waals surface area contributed by atoms with Crippen molar-refractivity contribution in [3.63, 3.8) is 0 Å². The van der Waals surface area contributed by atoms with E-state index < -0.39 is 17.5 Å². The summed E-state index contributed by atoms with van der Waals surface area (Å²) in [7, 11) is 0. The lowest BCUT2D eigenvalue weighted by atomic mass is 10.0. The second-order valence-electron chi connectivity index (χ2n) is 5.72. The van der Waals surface area contributed by atoms with Crippen molar-refractivity contribution in [3.8, 4) is 0 Å². The Balaban J connectivity index is 2.14. The maximum absolute atomic E-state index is 13.4. The van der Waals surface area contributed by atoms with Crippen molar-refractivity contribution in [1.29, 1.82) is 0 Å². The van der Waals surface area contributed by atoms with Crippen molar-refractivity contribution in [2.75, 3.05) is 32.7 Å². The van der Waals surface area contributed by atoms with Crippen LogP contribution in [-0.2, 0) is 0 Å². The van der Waals surface area contributed by atoms with Gasteiger partial charge in [0.15, 0.2) is 17.5 Å². The molecule has 0 amide bonds. The molecule has 1 unspecified atom stereocenters. The van der Waals surface area contributed by atoms with E-state index in [9.17, 15) is 13.2 Å². The fourth-order valence-electron chi connectivity index (χ4n) is 2.83. The molecule has 0 saturated carbocycles. The van der Waals surface area contributed by atoms with Gasteiger partial charge in [-0.1, -0.05) is 0 Å².